The van der Waals surface area contributed by atoms with Gasteiger partial charge in [0.25, 0.3) is 0 Å². The quantitative estimate of drug-likeness (QED) is 0.394. The third kappa shape index (κ3) is 4.35. The van der Waals surface area contributed by atoms with E-state index in [1.807, 2.05) is 6.92 Å². The summed E-state index contributed by atoms with van der Waals surface area (Å²) in [5.41, 5.74) is 3.12. The Balaban J connectivity index is 1.95. The maximum atomic E-state index is 13.4. The molecule has 0 aliphatic carbocycles. The lowest BCUT2D eigenvalue weighted by molar-refractivity contribution is -0.274. The number of aryl methyl sites for hydroxylation is 2. The molecule has 0 saturated heterocycles. The molecule has 0 amide bonds. The Morgan fingerprint density at radius 1 is 1.10 bits per heavy atom. The van der Waals surface area contributed by atoms with Gasteiger partial charge in [-0.3, -0.25) is 4.68 Å². The Morgan fingerprint density at radius 3 is 2.52 bits per heavy atom. The minimum atomic E-state index is -4.82. The van der Waals surface area contributed by atoms with E-state index in [1.165, 1.54) is 30.3 Å². The third-order valence-electron chi connectivity index (χ3n) is 4.60. The minimum absolute atomic E-state index is 0.295. The van der Waals surface area contributed by atoms with E-state index in [9.17, 15) is 17.6 Å². The van der Waals surface area contributed by atoms with Crippen molar-refractivity contribution in [2.24, 2.45) is 7.05 Å². The highest BCUT2D eigenvalue weighted by Gasteiger charge is 2.31. The number of aromatic nitrogens is 4. The summed E-state index contributed by atoms with van der Waals surface area (Å²) in [5.74, 6) is -0.473. The second-order valence-electron chi connectivity index (χ2n) is 6.91. The zero-order valence-corrected chi connectivity index (χ0v) is 16.7. The summed E-state index contributed by atoms with van der Waals surface area (Å²) in [7, 11) is 1.72. The Hall–Kier alpha value is -3.49. The topological polar surface area (TPSA) is 52.8 Å². The first-order valence-electron chi connectivity index (χ1n) is 9.52. The van der Waals surface area contributed by atoms with Crippen molar-refractivity contribution in [3.05, 3.63) is 60.0 Å². The molecule has 2 heterocycles. The number of halogens is 4. The van der Waals surface area contributed by atoms with Gasteiger partial charge in [0.05, 0.1) is 5.69 Å². The van der Waals surface area contributed by atoms with Gasteiger partial charge in [-0.25, -0.2) is 14.4 Å². The maximum absolute atomic E-state index is 13.4. The average Bonchev–Trinajstić information content (AvgIpc) is 3.03. The number of alkyl halides is 3. The van der Waals surface area contributed by atoms with Crippen LogP contribution in [0.2, 0.25) is 0 Å². The average molecular weight is 429 g/mol. The molecule has 0 saturated carbocycles. The molecule has 0 unspecified atom stereocenters. The zero-order chi connectivity index (χ0) is 22.2. The van der Waals surface area contributed by atoms with Crippen LogP contribution in [0.1, 0.15) is 19.0 Å². The number of rotatable bonds is 5. The molecule has 1 radical (unpaired) electrons. The molecule has 0 aliphatic rings. The van der Waals surface area contributed by atoms with Crippen LogP contribution >= 0.6 is 0 Å². The lowest BCUT2D eigenvalue weighted by atomic mass is 10.1. The first kappa shape index (κ1) is 20.8. The van der Waals surface area contributed by atoms with Gasteiger partial charge in [0.1, 0.15) is 28.3 Å². The fraction of sp³-hybridized carbons (Fsp3) is 0.227. The minimum Gasteiger partial charge on any atom is -0.406 e. The van der Waals surface area contributed by atoms with Crippen LogP contribution in [-0.2, 0) is 13.5 Å². The molecular weight excluding hydrogens is 412 g/mol. The van der Waals surface area contributed by atoms with Crippen molar-refractivity contribution in [1.29, 1.82) is 0 Å². The summed E-state index contributed by atoms with van der Waals surface area (Å²) >= 11 is 0. The second-order valence-corrected chi connectivity index (χ2v) is 6.91. The van der Waals surface area contributed by atoms with Gasteiger partial charge in [0.2, 0.25) is 0 Å². The van der Waals surface area contributed by atoms with E-state index in [0.29, 0.717) is 40.1 Å². The molecule has 0 atom stereocenters. The molecule has 9 heteroatoms. The van der Waals surface area contributed by atoms with Crippen LogP contribution in [-0.4, -0.2) is 26.1 Å². The lowest BCUT2D eigenvalue weighted by Crippen LogP contribution is -2.17. The summed E-state index contributed by atoms with van der Waals surface area (Å²) in [6, 6.07) is 12.3. The van der Waals surface area contributed by atoms with Crippen molar-refractivity contribution in [2.75, 3.05) is 0 Å². The molecule has 4 aromatic rings. The first-order valence-corrected chi connectivity index (χ1v) is 9.52. The molecule has 2 aromatic carbocycles. The van der Waals surface area contributed by atoms with E-state index in [-0.39, 0.29) is 5.75 Å². The Morgan fingerprint density at radius 2 is 1.84 bits per heavy atom. The van der Waals surface area contributed by atoms with Gasteiger partial charge in [-0.15, -0.1) is 13.2 Å². The first-order chi connectivity index (χ1) is 14.7. The molecule has 0 bridgehead atoms. The van der Waals surface area contributed by atoms with E-state index in [0.717, 1.165) is 12.1 Å². The monoisotopic (exact) mass is 429 g/mol. The number of hydrogen-bond acceptors (Lipinski definition) is 4. The number of benzene rings is 2. The van der Waals surface area contributed by atoms with Gasteiger partial charge in [-0.05, 0) is 55.0 Å². The normalized spacial score (nSPS) is 11.8. The molecule has 31 heavy (non-hydrogen) atoms. The fourth-order valence-electron chi connectivity index (χ4n) is 3.34. The van der Waals surface area contributed by atoms with E-state index < -0.39 is 12.2 Å². The summed E-state index contributed by atoms with van der Waals surface area (Å²) in [6.07, 6.45) is -3.32. The van der Waals surface area contributed by atoms with Crippen LogP contribution in [0.15, 0.2) is 42.5 Å². The number of hydrogen-bond donors (Lipinski definition) is 0. The summed E-state index contributed by atoms with van der Waals surface area (Å²) in [5, 5.41) is 4.53. The highest BCUT2D eigenvalue weighted by Crippen LogP contribution is 2.33. The van der Waals surface area contributed by atoms with Crippen LogP contribution in [0.3, 0.4) is 0 Å². The van der Waals surface area contributed by atoms with Crippen molar-refractivity contribution >= 4 is 11.0 Å². The SMILES string of the molecule is CCCc1nn(C)c2c(-c3[c]ccc(OC(F)(F)F)c3)nc(-c3ccc(F)cc3)nc12. The van der Waals surface area contributed by atoms with E-state index >= 15 is 0 Å². The van der Waals surface area contributed by atoms with Gasteiger partial charge in [-0.1, -0.05) is 13.3 Å². The Kier molecular flexibility index (Phi) is 5.34. The molecule has 0 fully saturated rings. The van der Waals surface area contributed by atoms with E-state index in [2.05, 4.69) is 25.9 Å². The molecule has 0 N–H and O–H groups in total. The molecule has 5 nitrogen and oxygen atoms in total. The van der Waals surface area contributed by atoms with Gasteiger partial charge in [0.15, 0.2) is 5.82 Å². The van der Waals surface area contributed by atoms with Gasteiger partial charge in [-0.2, -0.15) is 5.10 Å². The van der Waals surface area contributed by atoms with E-state index in [4.69, 9.17) is 0 Å². The summed E-state index contributed by atoms with van der Waals surface area (Å²) in [6.45, 7) is 2.01. The van der Waals surface area contributed by atoms with Gasteiger partial charge in [0, 0.05) is 18.2 Å². The number of ether oxygens (including phenoxy) is 1. The van der Waals surface area contributed by atoms with E-state index in [1.54, 1.807) is 23.9 Å². The maximum Gasteiger partial charge on any atom is 0.573 e. The Labute approximate surface area is 175 Å². The van der Waals surface area contributed by atoms with Crippen molar-refractivity contribution < 1.29 is 22.3 Å². The smallest absolute Gasteiger partial charge is 0.406 e. The van der Waals surface area contributed by atoms with Crippen LogP contribution in [0.4, 0.5) is 17.6 Å². The van der Waals surface area contributed by atoms with Crippen molar-refractivity contribution in [1.82, 2.24) is 19.7 Å². The molecule has 0 aliphatic heterocycles. The molecule has 159 valence electrons. The zero-order valence-electron chi connectivity index (χ0n) is 16.7. The predicted molar refractivity (Wildman–Crippen MR) is 107 cm³/mol. The molecule has 4 rings (SSSR count). The van der Waals surface area contributed by atoms with Gasteiger partial charge >= 0.3 is 6.36 Å². The summed E-state index contributed by atoms with van der Waals surface area (Å²) in [4.78, 5) is 9.22. The molecule has 0 spiro atoms. The standard InChI is InChI=1S/C22H17F4N4O/c1-3-5-17-19-20(30(2)29-17)18(14-6-4-7-16(12-14)31-22(24,25)26)27-21(28-19)13-8-10-15(23)11-9-13/h4,7-12H,3,5H2,1-2H3. The largest absolute Gasteiger partial charge is 0.573 e. The van der Waals surface area contributed by atoms with Gasteiger partial charge < -0.3 is 4.74 Å². The predicted octanol–water partition coefficient (Wildman–Crippen LogP) is 5.49. The number of fused-ring (bicyclic) bond motifs is 1. The highest BCUT2D eigenvalue weighted by atomic mass is 19.4. The van der Waals surface area contributed by atoms with Crippen molar-refractivity contribution in [3.8, 4) is 28.4 Å². The molecule has 2 aromatic heterocycles. The third-order valence-corrected chi connectivity index (χ3v) is 4.60. The van der Waals surface area contributed by atoms with Crippen LogP contribution in [0, 0.1) is 11.9 Å². The van der Waals surface area contributed by atoms with Crippen molar-refractivity contribution in [3.63, 3.8) is 0 Å². The summed E-state index contributed by atoms with van der Waals surface area (Å²) < 4.78 is 57.1. The molecular formula is C22H17F4N4O. The van der Waals surface area contributed by atoms with Crippen molar-refractivity contribution in [2.45, 2.75) is 26.1 Å². The van der Waals surface area contributed by atoms with Crippen LogP contribution in [0.5, 0.6) is 5.75 Å². The lowest BCUT2D eigenvalue weighted by Gasteiger charge is -2.11. The second kappa shape index (κ2) is 7.98. The Bertz CT molecular complexity index is 1230. The highest BCUT2D eigenvalue weighted by molar-refractivity contribution is 5.92. The number of nitrogens with zero attached hydrogens (tertiary/aromatic N) is 4. The fourth-order valence-corrected chi connectivity index (χ4v) is 3.34. The van der Waals surface area contributed by atoms with Crippen LogP contribution in [0.25, 0.3) is 33.7 Å². The van der Waals surface area contributed by atoms with Crippen LogP contribution < -0.4 is 4.74 Å².